The lowest BCUT2D eigenvalue weighted by atomic mass is 9.97. The summed E-state index contributed by atoms with van der Waals surface area (Å²) < 4.78 is 1.88. The highest BCUT2D eigenvalue weighted by molar-refractivity contribution is 5.98. The van der Waals surface area contributed by atoms with Gasteiger partial charge in [-0.15, -0.1) is 0 Å². The van der Waals surface area contributed by atoms with Gasteiger partial charge in [-0.25, -0.2) is 9.97 Å². The van der Waals surface area contributed by atoms with Crippen molar-refractivity contribution in [2.75, 3.05) is 0 Å². The van der Waals surface area contributed by atoms with Gasteiger partial charge < -0.3 is 5.32 Å². The van der Waals surface area contributed by atoms with Crippen molar-refractivity contribution in [3.63, 3.8) is 0 Å². The van der Waals surface area contributed by atoms with Crippen LogP contribution >= 0.6 is 0 Å². The van der Waals surface area contributed by atoms with E-state index in [4.69, 9.17) is 0 Å². The van der Waals surface area contributed by atoms with Crippen molar-refractivity contribution in [2.24, 2.45) is 0 Å². The van der Waals surface area contributed by atoms with Crippen LogP contribution in [0.3, 0.4) is 0 Å². The number of nitrogens with zero attached hydrogens (tertiary/aromatic N) is 3. The Morgan fingerprint density at radius 1 is 1.08 bits per heavy atom. The summed E-state index contributed by atoms with van der Waals surface area (Å²) in [7, 11) is 0. The zero-order valence-electron chi connectivity index (χ0n) is 14.8. The molecule has 2 aromatic rings. The third kappa shape index (κ3) is 3.94. The molecule has 5 heteroatoms. The van der Waals surface area contributed by atoms with Crippen LogP contribution in [0, 0.1) is 13.8 Å². The van der Waals surface area contributed by atoms with Crippen LogP contribution in [0.5, 0.6) is 0 Å². The lowest BCUT2D eigenvalue weighted by Gasteiger charge is -2.19. The molecule has 130 valence electrons. The summed E-state index contributed by atoms with van der Waals surface area (Å²) in [6, 6.07) is 2.26. The SMILES string of the molecule is Cc1cc(C)n2cnc(C(=O)NC3CCCCCCCCC3)c2n1. The summed E-state index contributed by atoms with van der Waals surface area (Å²) in [5, 5.41) is 3.21. The fourth-order valence-electron chi connectivity index (χ4n) is 3.65. The monoisotopic (exact) mass is 328 g/mol. The van der Waals surface area contributed by atoms with E-state index in [2.05, 4.69) is 15.3 Å². The van der Waals surface area contributed by atoms with E-state index < -0.39 is 0 Å². The molecule has 1 amide bonds. The van der Waals surface area contributed by atoms with Gasteiger partial charge in [0.25, 0.3) is 5.91 Å². The number of hydrogen-bond donors (Lipinski definition) is 1. The normalized spacial score (nSPS) is 17.8. The molecule has 0 bridgehead atoms. The summed E-state index contributed by atoms with van der Waals surface area (Å²) in [5.41, 5.74) is 3.06. The van der Waals surface area contributed by atoms with Gasteiger partial charge in [0.2, 0.25) is 0 Å². The molecule has 0 radical (unpaired) electrons. The van der Waals surface area contributed by atoms with Crippen LogP contribution in [0.4, 0.5) is 0 Å². The first-order valence-corrected chi connectivity index (χ1v) is 9.27. The maximum atomic E-state index is 12.7. The van der Waals surface area contributed by atoms with Crippen molar-refractivity contribution < 1.29 is 4.79 Å². The maximum Gasteiger partial charge on any atom is 0.274 e. The maximum absolute atomic E-state index is 12.7. The molecule has 24 heavy (non-hydrogen) atoms. The molecule has 1 N–H and O–H groups in total. The van der Waals surface area contributed by atoms with Crippen LogP contribution in [-0.2, 0) is 0 Å². The predicted octanol–water partition coefficient (Wildman–Crippen LogP) is 3.97. The van der Waals surface area contributed by atoms with Crippen LogP contribution in [0.2, 0.25) is 0 Å². The van der Waals surface area contributed by atoms with E-state index in [9.17, 15) is 4.79 Å². The van der Waals surface area contributed by atoms with Crippen LogP contribution < -0.4 is 5.32 Å². The van der Waals surface area contributed by atoms with Crippen LogP contribution in [-0.4, -0.2) is 26.3 Å². The minimum Gasteiger partial charge on any atom is -0.348 e. The molecule has 0 unspecified atom stereocenters. The van der Waals surface area contributed by atoms with E-state index >= 15 is 0 Å². The number of carbonyl (C=O) groups excluding carboxylic acids is 1. The Hall–Kier alpha value is -1.91. The number of carbonyl (C=O) groups is 1. The van der Waals surface area contributed by atoms with E-state index in [1.807, 2.05) is 24.3 Å². The van der Waals surface area contributed by atoms with Gasteiger partial charge in [-0.2, -0.15) is 0 Å². The van der Waals surface area contributed by atoms with Crippen molar-refractivity contribution in [1.82, 2.24) is 19.7 Å². The van der Waals surface area contributed by atoms with E-state index in [1.165, 1.54) is 44.9 Å². The Morgan fingerprint density at radius 2 is 1.71 bits per heavy atom. The molecule has 1 saturated carbocycles. The smallest absolute Gasteiger partial charge is 0.274 e. The summed E-state index contributed by atoms with van der Waals surface area (Å²) in [6.07, 6.45) is 12.8. The first kappa shape index (κ1) is 16.9. The second-order valence-corrected chi connectivity index (χ2v) is 7.05. The molecule has 0 atom stereocenters. The number of aryl methyl sites for hydroxylation is 2. The highest BCUT2D eigenvalue weighted by Crippen LogP contribution is 2.18. The van der Waals surface area contributed by atoms with Crippen LogP contribution in [0.1, 0.15) is 79.7 Å². The van der Waals surface area contributed by atoms with Crippen molar-refractivity contribution in [2.45, 2.75) is 77.7 Å². The van der Waals surface area contributed by atoms with E-state index in [-0.39, 0.29) is 11.9 Å². The highest BCUT2D eigenvalue weighted by Gasteiger charge is 2.19. The number of aromatic nitrogens is 3. The molecule has 2 heterocycles. The summed E-state index contributed by atoms with van der Waals surface area (Å²) in [4.78, 5) is 21.6. The Bertz CT molecular complexity index is 697. The molecule has 1 fully saturated rings. The first-order valence-electron chi connectivity index (χ1n) is 9.27. The summed E-state index contributed by atoms with van der Waals surface area (Å²) >= 11 is 0. The van der Waals surface area contributed by atoms with E-state index in [0.29, 0.717) is 11.3 Å². The Kier molecular flexibility index (Phi) is 5.48. The predicted molar refractivity (Wildman–Crippen MR) is 95.3 cm³/mol. The third-order valence-corrected chi connectivity index (χ3v) is 4.98. The second kappa shape index (κ2) is 7.77. The van der Waals surface area contributed by atoms with Crippen LogP contribution in [0.25, 0.3) is 5.65 Å². The number of fused-ring (bicyclic) bond motifs is 1. The fourth-order valence-corrected chi connectivity index (χ4v) is 3.65. The molecule has 1 aliphatic rings. The van der Waals surface area contributed by atoms with Gasteiger partial charge in [-0.3, -0.25) is 9.20 Å². The van der Waals surface area contributed by atoms with Gasteiger partial charge in [0.05, 0.1) is 0 Å². The lowest BCUT2D eigenvalue weighted by molar-refractivity contribution is 0.0928. The fraction of sp³-hybridized carbons (Fsp3) is 0.632. The number of hydrogen-bond acceptors (Lipinski definition) is 3. The Balaban J connectivity index is 1.73. The first-order chi connectivity index (χ1) is 11.6. The quantitative estimate of drug-likeness (QED) is 0.907. The standard InChI is InChI=1S/C19H28N4O/c1-14-12-15(2)23-13-20-17(18(23)21-14)19(24)22-16-10-8-6-4-3-5-7-9-11-16/h12-13,16H,3-11H2,1-2H3,(H,22,24). The Morgan fingerprint density at radius 3 is 2.38 bits per heavy atom. The zero-order chi connectivity index (χ0) is 16.9. The van der Waals surface area contributed by atoms with E-state index in [1.54, 1.807) is 6.33 Å². The molecule has 1 aliphatic carbocycles. The average Bonchev–Trinajstić information content (AvgIpc) is 2.97. The lowest BCUT2D eigenvalue weighted by Crippen LogP contribution is -2.35. The van der Waals surface area contributed by atoms with Crippen molar-refractivity contribution in [3.8, 4) is 0 Å². The zero-order valence-corrected chi connectivity index (χ0v) is 14.8. The van der Waals surface area contributed by atoms with Crippen molar-refractivity contribution >= 4 is 11.6 Å². The van der Waals surface area contributed by atoms with Gasteiger partial charge >= 0.3 is 0 Å². The topological polar surface area (TPSA) is 59.3 Å². The highest BCUT2D eigenvalue weighted by atomic mass is 16.2. The van der Waals surface area contributed by atoms with Gasteiger partial charge in [0, 0.05) is 17.4 Å². The molecule has 0 saturated heterocycles. The average molecular weight is 328 g/mol. The minimum absolute atomic E-state index is 0.0861. The molecular weight excluding hydrogens is 300 g/mol. The van der Waals surface area contributed by atoms with Crippen molar-refractivity contribution in [3.05, 3.63) is 29.5 Å². The van der Waals surface area contributed by atoms with Crippen LogP contribution in [0.15, 0.2) is 12.4 Å². The molecule has 0 aliphatic heterocycles. The van der Waals surface area contributed by atoms with Crippen molar-refractivity contribution in [1.29, 1.82) is 0 Å². The second-order valence-electron chi connectivity index (χ2n) is 7.05. The van der Waals surface area contributed by atoms with Gasteiger partial charge in [-0.1, -0.05) is 44.9 Å². The molecule has 3 rings (SSSR count). The molecule has 2 aromatic heterocycles. The largest absolute Gasteiger partial charge is 0.348 e. The number of rotatable bonds is 2. The summed E-state index contributed by atoms with van der Waals surface area (Å²) in [5.74, 6) is -0.0861. The summed E-state index contributed by atoms with van der Waals surface area (Å²) in [6.45, 7) is 3.95. The molecule has 0 spiro atoms. The number of nitrogens with one attached hydrogen (secondary N) is 1. The van der Waals surface area contributed by atoms with Gasteiger partial charge in [-0.05, 0) is 32.8 Å². The van der Waals surface area contributed by atoms with E-state index in [0.717, 1.165) is 24.2 Å². The number of imidazole rings is 1. The molecular formula is C19H28N4O. The van der Waals surface area contributed by atoms with Gasteiger partial charge in [0.1, 0.15) is 6.33 Å². The molecule has 5 nitrogen and oxygen atoms in total. The minimum atomic E-state index is -0.0861. The third-order valence-electron chi connectivity index (χ3n) is 4.98. The Labute approximate surface area is 143 Å². The molecule has 0 aromatic carbocycles. The number of amides is 1. The van der Waals surface area contributed by atoms with Gasteiger partial charge in [0.15, 0.2) is 11.3 Å².